The van der Waals surface area contributed by atoms with E-state index in [9.17, 15) is 18.4 Å². The predicted octanol–water partition coefficient (Wildman–Crippen LogP) is 1.43. The van der Waals surface area contributed by atoms with Gasteiger partial charge in [0.2, 0.25) is 0 Å². The molecular weight excluding hydrogens is 254 g/mol. The number of rotatable bonds is 3. The summed E-state index contributed by atoms with van der Waals surface area (Å²) in [5.74, 6) is -1.95. The highest BCUT2D eigenvalue weighted by atomic mass is 19.2. The summed E-state index contributed by atoms with van der Waals surface area (Å²) in [5.41, 5.74) is -0.637. The first kappa shape index (κ1) is 13.2. The van der Waals surface area contributed by atoms with E-state index < -0.39 is 22.9 Å². The van der Waals surface area contributed by atoms with Crippen LogP contribution in [0.1, 0.15) is 18.1 Å². The van der Waals surface area contributed by atoms with Gasteiger partial charge < -0.3 is 0 Å². The molecule has 0 unspecified atom stereocenters. The maximum atomic E-state index is 13.5. The van der Waals surface area contributed by atoms with Gasteiger partial charge in [0.15, 0.2) is 11.6 Å². The Balaban J connectivity index is 2.47. The standard InChI is InChI=1S/C13H12F2N2O2/c1-2-8-6-17(13(19)16-12(8)18)7-9-4-3-5-10(14)11(9)15/h3-6H,2,7H2,1H3,(H,16,18,19). The van der Waals surface area contributed by atoms with E-state index in [0.29, 0.717) is 12.0 Å². The molecule has 100 valence electrons. The molecule has 0 amide bonds. The lowest BCUT2D eigenvalue weighted by molar-refractivity contribution is 0.493. The Morgan fingerprint density at radius 2 is 1.95 bits per heavy atom. The number of hydrogen-bond acceptors (Lipinski definition) is 2. The highest BCUT2D eigenvalue weighted by molar-refractivity contribution is 5.19. The lowest BCUT2D eigenvalue weighted by atomic mass is 10.2. The molecule has 2 aromatic rings. The summed E-state index contributed by atoms with van der Waals surface area (Å²) < 4.78 is 27.7. The Kier molecular flexibility index (Phi) is 3.59. The van der Waals surface area contributed by atoms with Crippen LogP contribution in [-0.2, 0) is 13.0 Å². The van der Waals surface area contributed by atoms with Gasteiger partial charge >= 0.3 is 5.69 Å². The van der Waals surface area contributed by atoms with E-state index in [2.05, 4.69) is 4.98 Å². The zero-order chi connectivity index (χ0) is 14.0. The van der Waals surface area contributed by atoms with E-state index in [1.54, 1.807) is 6.92 Å². The highest BCUT2D eigenvalue weighted by Gasteiger charge is 2.10. The molecule has 0 saturated carbocycles. The van der Waals surface area contributed by atoms with Gasteiger partial charge in [-0.3, -0.25) is 14.3 Å². The molecular formula is C13H12F2N2O2. The third-order valence-corrected chi connectivity index (χ3v) is 2.84. The van der Waals surface area contributed by atoms with Crippen molar-refractivity contribution in [3.63, 3.8) is 0 Å². The van der Waals surface area contributed by atoms with Gasteiger partial charge in [0.05, 0.1) is 6.54 Å². The second-order valence-corrected chi connectivity index (χ2v) is 4.11. The van der Waals surface area contributed by atoms with Crippen LogP contribution in [-0.4, -0.2) is 9.55 Å². The van der Waals surface area contributed by atoms with Crippen molar-refractivity contribution in [3.05, 3.63) is 68.0 Å². The van der Waals surface area contributed by atoms with E-state index in [4.69, 9.17) is 0 Å². The van der Waals surface area contributed by atoms with Gasteiger partial charge in [-0.15, -0.1) is 0 Å². The highest BCUT2D eigenvalue weighted by Crippen LogP contribution is 2.12. The van der Waals surface area contributed by atoms with E-state index >= 15 is 0 Å². The monoisotopic (exact) mass is 266 g/mol. The minimum Gasteiger partial charge on any atom is -0.296 e. The molecule has 0 radical (unpaired) electrons. The molecule has 1 aromatic carbocycles. The second kappa shape index (κ2) is 5.17. The van der Waals surface area contributed by atoms with Crippen LogP contribution in [0.25, 0.3) is 0 Å². The van der Waals surface area contributed by atoms with Crippen LogP contribution >= 0.6 is 0 Å². The van der Waals surface area contributed by atoms with Crippen molar-refractivity contribution in [1.82, 2.24) is 9.55 Å². The summed E-state index contributed by atoms with van der Waals surface area (Å²) in [6.07, 6.45) is 1.81. The quantitative estimate of drug-likeness (QED) is 0.913. The van der Waals surface area contributed by atoms with Crippen LogP contribution < -0.4 is 11.2 Å². The van der Waals surface area contributed by atoms with E-state index in [1.165, 1.54) is 18.3 Å². The molecule has 0 aliphatic rings. The first-order valence-electron chi connectivity index (χ1n) is 5.78. The van der Waals surface area contributed by atoms with Crippen LogP contribution in [0.2, 0.25) is 0 Å². The molecule has 0 aliphatic carbocycles. The predicted molar refractivity (Wildman–Crippen MR) is 66.2 cm³/mol. The van der Waals surface area contributed by atoms with Crippen LogP contribution in [0.4, 0.5) is 8.78 Å². The summed E-state index contributed by atoms with van der Waals surface area (Å²) in [6.45, 7) is 1.63. The van der Waals surface area contributed by atoms with Gasteiger partial charge in [0.25, 0.3) is 5.56 Å². The number of halogens is 2. The molecule has 0 saturated heterocycles. The van der Waals surface area contributed by atoms with Crippen molar-refractivity contribution in [3.8, 4) is 0 Å². The zero-order valence-corrected chi connectivity index (χ0v) is 10.2. The topological polar surface area (TPSA) is 54.9 Å². The largest absolute Gasteiger partial charge is 0.328 e. The molecule has 0 bridgehead atoms. The summed E-state index contributed by atoms with van der Waals surface area (Å²) >= 11 is 0. The summed E-state index contributed by atoms with van der Waals surface area (Å²) in [4.78, 5) is 25.1. The number of benzene rings is 1. The van der Waals surface area contributed by atoms with Crippen molar-refractivity contribution >= 4 is 0 Å². The fourth-order valence-corrected chi connectivity index (χ4v) is 1.78. The normalized spacial score (nSPS) is 10.7. The third-order valence-electron chi connectivity index (χ3n) is 2.84. The Hall–Kier alpha value is -2.24. The Morgan fingerprint density at radius 1 is 1.21 bits per heavy atom. The first-order chi connectivity index (χ1) is 9.02. The number of aryl methyl sites for hydroxylation is 1. The molecule has 2 rings (SSSR count). The number of hydrogen-bond donors (Lipinski definition) is 1. The molecule has 0 fully saturated rings. The smallest absolute Gasteiger partial charge is 0.296 e. The SMILES string of the molecule is CCc1cn(Cc2cccc(F)c2F)c(=O)[nH]c1=O. The molecule has 0 spiro atoms. The van der Waals surface area contributed by atoms with Gasteiger partial charge in [-0.1, -0.05) is 19.1 Å². The van der Waals surface area contributed by atoms with E-state index in [0.717, 1.165) is 10.6 Å². The number of H-pyrrole nitrogens is 1. The third kappa shape index (κ3) is 2.62. The minimum absolute atomic E-state index is 0.0520. The average Bonchev–Trinajstić information content (AvgIpc) is 2.38. The maximum Gasteiger partial charge on any atom is 0.328 e. The molecule has 1 N–H and O–H groups in total. The van der Waals surface area contributed by atoms with Crippen LogP contribution in [0.15, 0.2) is 34.0 Å². The average molecular weight is 266 g/mol. The van der Waals surface area contributed by atoms with Crippen molar-refractivity contribution in [2.75, 3.05) is 0 Å². The molecule has 19 heavy (non-hydrogen) atoms. The zero-order valence-electron chi connectivity index (χ0n) is 10.2. The van der Waals surface area contributed by atoms with Crippen molar-refractivity contribution in [2.24, 2.45) is 0 Å². The number of nitrogens with one attached hydrogen (secondary N) is 1. The summed E-state index contributed by atoms with van der Waals surface area (Å²) in [5, 5.41) is 0. The lowest BCUT2D eigenvalue weighted by Crippen LogP contribution is -2.32. The van der Waals surface area contributed by atoms with Crippen LogP contribution in [0.3, 0.4) is 0 Å². The van der Waals surface area contributed by atoms with Crippen molar-refractivity contribution in [2.45, 2.75) is 19.9 Å². The molecule has 0 aliphatic heterocycles. The number of aromatic amines is 1. The molecule has 0 atom stereocenters. The van der Waals surface area contributed by atoms with Gasteiger partial charge in [0, 0.05) is 17.3 Å². The van der Waals surface area contributed by atoms with E-state index in [-0.39, 0.29) is 12.1 Å². The molecule has 1 heterocycles. The van der Waals surface area contributed by atoms with Gasteiger partial charge in [-0.25, -0.2) is 13.6 Å². The second-order valence-electron chi connectivity index (χ2n) is 4.11. The summed E-state index contributed by atoms with van der Waals surface area (Å²) in [7, 11) is 0. The van der Waals surface area contributed by atoms with Crippen LogP contribution in [0.5, 0.6) is 0 Å². The maximum absolute atomic E-state index is 13.5. The number of aromatic nitrogens is 2. The van der Waals surface area contributed by atoms with Crippen molar-refractivity contribution in [1.29, 1.82) is 0 Å². The lowest BCUT2D eigenvalue weighted by Gasteiger charge is -2.08. The Morgan fingerprint density at radius 3 is 2.63 bits per heavy atom. The van der Waals surface area contributed by atoms with Crippen LogP contribution in [0, 0.1) is 11.6 Å². The van der Waals surface area contributed by atoms with Crippen molar-refractivity contribution < 1.29 is 8.78 Å². The Bertz CT molecular complexity index is 719. The number of nitrogens with zero attached hydrogens (tertiary/aromatic N) is 1. The fraction of sp³-hybridized carbons (Fsp3) is 0.231. The summed E-state index contributed by atoms with van der Waals surface area (Å²) in [6, 6.07) is 3.76. The molecule has 6 heteroatoms. The fourth-order valence-electron chi connectivity index (χ4n) is 1.78. The molecule has 1 aromatic heterocycles. The Labute approximate surface area is 107 Å². The van der Waals surface area contributed by atoms with Gasteiger partial charge in [-0.05, 0) is 12.5 Å². The van der Waals surface area contributed by atoms with Gasteiger partial charge in [-0.2, -0.15) is 0 Å². The minimum atomic E-state index is -0.987. The van der Waals surface area contributed by atoms with E-state index in [1.807, 2.05) is 0 Å². The first-order valence-corrected chi connectivity index (χ1v) is 5.78. The van der Waals surface area contributed by atoms with Gasteiger partial charge in [0.1, 0.15) is 0 Å². The molecule has 4 nitrogen and oxygen atoms in total.